The molecule has 0 aromatic heterocycles. The summed E-state index contributed by atoms with van der Waals surface area (Å²) in [5.74, 6) is 1.34. The fourth-order valence-electron chi connectivity index (χ4n) is 2.62. The Kier molecular flexibility index (Phi) is 3.23. The number of hydrogen-bond donors (Lipinski definition) is 0. The van der Waals surface area contributed by atoms with E-state index >= 15 is 0 Å². The number of carbonyl (C=O) groups is 1. The molecular weight excluding hydrogens is 212 g/mol. The van der Waals surface area contributed by atoms with Crippen LogP contribution in [0.15, 0.2) is 0 Å². The van der Waals surface area contributed by atoms with Crippen LogP contribution in [0, 0.1) is 20.8 Å². The summed E-state index contributed by atoms with van der Waals surface area (Å²) in [4.78, 5) is 11.1. The summed E-state index contributed by atoms with van der Waals surface area (Å²) in [5.41, 5.74) is 6.60. The molecule has 0 fully saturated rings. The van der Waals surface area contributed by atoms with Gasteiger partial charge in [-0.25, -0.2) is 0 Å². The first-order chi connectivity index (χ1) is 8.02. The normalized spacial score (nSPS) is 13.4. The molecule has 0 spiro atoms. The first-order valence-electron chi connectivity index (χ1n) is 6.26. The van der Waals surface area contributed by atoms with Crippen LogP contribution in [-0.2, 0) is 17.6 Å². The monoisotopic (exact) mass is 232 g/mol. The van der Waals surface area contributed by atoms with Gasteiger partial charge in [0.05, 0.1) is 6.61 Å². The Morgan fingerprint density at radius 3 is 2.53 bits per heavy atom. The SMILES string of the molecule is CC(=O)CCc1c(C)c(C)c(C)c2c1CCO2. The number of Topliss-reactive ketones (excluding diaryl/α,β-unsaturated/α-hetero) is 1. The quantitative estimate of drug-likeness (QED) is 0.800. The maximum absolute atomic E-state index is 11.1. The van der Waals surface area contributed by atoms with Crippen molar-refractivity contribution in [3.8, 4) is 5.75 Å². The Morgan fingerprint density at radius 1 is 1.18 bits per heavy atom. The van der Waals surface area contributed by atoms with Gasteiger partial charge in [0.15, 0.2) is 0 Å². The van der Waals surface area contributed by atoms with Gasteiger partial charge in [0.25, 0.3) is 0 Å². The second-order valence-corrected chi connectivity index (χ2v) is 4.96. The van der Waals surface area contributed by atoms with Gasteiger partial charge in [0.1, 0.15) is 11.5 Å². The van der Waals surface area contributed by atoms with Crippen LogP contribution in [0.3, 0.4) is 0 Å². The number of hydrogen-bond acceptors (Lipinski definition) is 2. The average Bonchev–Trinajstić information content (AvgIpc) is 2.74. The average molecular weight is 232 g/mol. The highest BCUT2D eigenvalue weighted by molar-refractivity contribution is 5.76. The van der Waals surface area contributed by atoms with E-state index < -0.39 is 0 Å². The minimum atomic E-state index is 0.260. The van der Waals surface area contributed by atoms with E-state index in [0.29, 0.717) is 6.42 Å². The molecule has 1 aromatic carbocycles. The van der Waals surface area contributed by atoms with Crippen LogP contribution >= 0.6 is 0 Å². The summed E-state index contributed by atoms with van der Waals surface area (Å²) in [5, 5.41) is 0. The van der Waals surface area contributed by atoms with Gasteiger partial charge in [0, 0.05) is 18.4 Å². The van der Waals surface area contributed by atoms with Crippen LogP contribution in [0.4, 0.5) is 0 Å². The molecule has 92 valence electrons. The van der Waals surface area contributed by atoms with Crippen molar-refractivity contribution in [3.05, 3.63) is 27.8 Å². The molecule has 2 rings (SSSR count). The molecule has 0 unspecified atom stereocenters. The molecule has 0 saturated heterocycles. The van der Waals surface area contributed by atoms with Crippen LogP contribution in [0.2, 0.25) is 0 Å². The highest BCUT2D eigenvalue weighted by Gasteiger charge is 2.22. The Morgan fingerprint density at radius 2 is 1.88 bits per heavy atom. The molecule has 0 bridgehead atoms. The minimum absolute atomic E-state index is 0.260. The predicted molar refractivity (Wildman–Crippen MR) is 68.9 cm³/mol. The molecule has 0 radical (unpaired) electrons. The summed E-state index contributed by atoms with van der Waals surface area (Å²) in [6, 6.07) is 0. The van der Waals surface area contributed by atoms with Gasteiger partial charge in [-0.1, -0.05) is 0 Å². The fraction of sp³-hybridized carbons (Fsp3) is 0.533. The molecule has 1 aliphatic heterocycles. The Hall–Kier alpha value is -1.31. The molecule has 1 aliphatic rings. The summed E-state index contributed by atoms with van der Waals surface area (Å²) in [6.07, 6.45) is 2.48. The number of ether oxygens (including phenoxy) is 1. The van der Waals surface area contributed by atoms with E-state index in [1.165, 1.54) is 27.8 Å². The number of benzene rings is 1. The highest BCUT2D eigenvalue weighted by Crippen LogP contribution is 2.37. The molecule has 2 nitrogen and oxygen atoms in total. The lowest BCUT2D eigenvalue weighted by molar-refractivity contribution is -0.116. The zero-order valence-electron chi connectivity index (χ0n) is 11.1. The van der Waals surface area contributed by atoms with Crippen molar-refractivity contribution in [1.82, 2.24) is 0 Å². The van der Waals surface area contributed by atoms with Crippen molar-refractivity contribution in [2.75, 3.05) is 6.61 Å². The lowest BCUT2D eigenvalue weighted by atomic mass is 9.89. The van der Waals surface area contributed by atoms with E-state index in [4.69, 9.17) is 4.74 Å². The van der Waals surface area contributed by atoms with Crippen LogP contribution in [0.25, 0.3) is 0 Å². The number of ketones is 1. The molecule has 2 heteroatoms. The second kappa shape index (κ2) is 4.52. The third-order valence-electron chi connectivity index (χ3n) is 3.88. The molecule has 1 heterocycles. The number of carbonyl (C=O) groups excluding carboxylic acids is 1. The van der Waals surface area contributed by atoms with E-state index in [1.54, 1.807) is 6.92 Å². The standard InChI is InChI=1S/C15H20O2/c1-9(16)5-6-13-11(3)10(2)12(4)15-14(13)7-8-17-15/h5-8H2,1-4H3. The fourth-order valence-corrected chi connectivity index (χ4v) is 2.62. The second-order valence-electron chi connectivity index (χ2n) is 4.96. The Bertz CT molecular complexity index is 473. The van der Waals surface area contributed by atoms with Gasteiger partial charge in [-0.05, 0) is 56.4 Å². The zero-order chi connectivity index (χ0) is 12.6. The van der Waals surface area contributed by atoms with Crippen molar-refractivity contribution >= 4 is 5.78 Å². The smallest absolute Gasteiger partial charge is 0.130 e. The molecular formula is C15H20O2. The first kappa shape index (κ1) is 12.2. The highest BCUT2D eigenvalue weighted by atomic mass is 16.5. The van der Waals surface area contributed by atoms with Crippen molar-refractivity contribution in [2.24, 2.45) is 0 Å². The van der Waals surface area contributed by atoms with Crippen molar-refractivity contribution in [3.63, 3.8) is 0 Å². The molecule has 17 heavy (non-hydrogen) atoms. The largest absolute Gasteiger partial charge is 0.493 e. The number of rotatable bonds is 3. The van der Waals surface area contributed by atoms with Crippen LogP contribution in [-0.4, -0.2) is 12.4 Å². The third-order valence-corrected chi connectivity index (χ3v) is 3.88. The van der Waals surface area contributed by atoms with Crippen molar-refractivity contribution in [2.45, 2.75) is 47.0 Å². The third kappa shape index (κ3) is 2.08. The molecule has 0 saturated carbocycles. The molecule has 0 amide bonds. The lowest BCUT2D eigenvalue weighted by Crippen LogP contribution is -2.03. The summed E-state index contributed by atoms with van der Waals surface area (Å²) in [6.45, 7) is 8.88. The van der Waals surface area contributed by atoms with E-state index in [2.05, 4.69) is 20.8 Å². The summed E-state index contributed by atoms with van der Waals surface area (Å²) < 4.78 is 5.73. The molecule has 0 atom stereocenters. The zero-order valence-corrected chi connectivity index (χ0v) is 11.1. The summed E-state index contributed by atoms with van der Waals surface area (Å²) in [7, 11) is 0. The summed E-state index contributed by atoms with van der Waals surface area (Å²) >= 11 is 0. The van der Waals surface area contributed by atoms with Gasteiger partial charge in [-0.2, -0.15) is 0 Å². The van der Waals surface area contributed by atoms with E-state index in [9.17, 15) is 4.79 Å². The Balaban J connectivity index is 2.47. The van der Waals surface area contributed by atoms with Gasteiger partial charge >= 0.3 is 0 Å². The lowest BCUT2D eigenvalue weighted by Gasteiger charge is -2.16. The predicted octanol–water partition coefficient (Wildman–Crippen LogP) is 3.07. The van der Waals surface area contributed by atoms with Crippen molar-refractivity contribution < 1.29 is 9.53 Å². The minimum Gasteiger partial charge on any atom is -0.493 e. The molecule has 1 aromatic rings. The van der Waals surface area contributed by atoms with Gasteiger partial charge in [-0.15, -0.1) is 0 Å². The van der Waals surface area contributed by atoms with Crippen LogP contribution in [0.5, 0.6) is 5.75 Å². The Labute approximate surface area is 103 Å². The van der Waals surface area contributed by atoms with Gasteiger partial charge in [-0.3, -0.25) is 0 Å². The van der Waals surface area contributed by atoms with Crippen molar-refractivity contribution in [1.29, 1.82) is 0 Å². The topological polar surface area (TPSA) is 26.3 Å². The first-order valence-corrected chi connectivity index (χ1v) is 6.26. The van der Waals surface area contributed by atoms with E-state index in [1.807, 2.05) is 0 Å². The van der Waals surface area contributed by atoms with Crippen LogP contribution in [0.1, 0.15) is 41.2 Å². The maximum atomic E-state index is 11.1. The number of fused-ring (bicyclic) bond motifs is 1. The van der Waals surface area contributed by atoms with Crippen LogP contribution < -0.4 is 4.74 Å². The van der Waals surface area contributed by atoms with E-state index in [0.717, 1.165) is 25.2 Å². The van der Waals surface area contributed by atoms with Gasteiger partial charge < -0.3 is 9.53 Å². The molecule has 0 N–H and O–H groups in total. The molecule has 0 aliphatic carbocycles. The van der Waals surface area contributed by atoms with Gasteiger partial charge in [0.2, 0.25) is 0 Å². The maximum Gasteiger partial charge on any atom is 0.130 e. The van der Waals surface area contributed by atoms with E-state index in [-0.39, 0.29) is 5.78 Å².